The number of nitrogens with two attached hydrogens (primary N) is 1. The van der Waals surface area contributed by atoms with Gasteiger partial charge in [-0.2, -0.15) is 0 Å². The smallest absolute Gasteiger partial charge is 0.220 e. The van der Waals surface area contributed by atoms with Crippen LogP contribution in [0.2, 0.25) is 0 Å². The highest BCUT2D eigenvalue weighted by molar-refractivity contribution is 5.76. The van der Waals surface area contributed by atoms with Crippen molar-refractivity contribution in [1.29, 1.82) is 0 Å². The van der Waals surface area contributed by atoms with Crippen LogP contribution in [0.25, 0.3) is 0 Å². The number of carbonyl (C=O) groups excluding carboxylic acids is 1. The van der Waals surface area contributed by atoms with Gasteiger partial charge in [0.2, 0.25) is 5.91 Å². The quantitative estimate of drug-likeness (QED) is 0.792. The zero-order valence-corrected chi connectivity index (χ0v) is 11.0. The number of hydrogen-bond donors (Lipinski definition) is 2. The van der Waals surface area contributed by atoms with Gasteiger partial charge in [0.1, 0.15) is 0 Å². The molecular formula is C14H26N2O. The molecule has 0 saturated heterocycles. The van der Waals surface area contributed by atoms with Crippen LogP contribution in [0.4, 0.5) is 0 Å². The van der Waals surface area contributed by atoms with Gasteiger partial charge in [0, 0.05) is 18.5 Å². The summed E-state index contributed by atoms with van der Waals surface area (Å²) in [5.41, 5.74) is 5.87. The average Bonchev–Trinajstić information content (AvgIpc) is 2.67. The fourth-order valence-corrected chi connectivity index (χ4v) is 3.28. The molecule has 2 aliphatic rings. The lowest BCUT2D eigenvalue weighted by atomic mass is 9.84. The van der Waals surface area contributed by atoms with E-state index in [1.807, 2.05) is 0 Å². The van der Waals surface area contributed by atoms with E-state index in [1.54, 1.807) is 0 Å². The second-order valence-corrected chi connectivity index (χ2v) is 6.17. The predicted molar refractivity (Wildman–Crippen MR) is 69.5 cm³/mol. The first-order chi connectivity index (χ1) is 8.13. The average molecular weight is 238 g/mol. The lowest BCUT2D eigenvalue weighted by Crippen LogP contribution is -2.35. The molecule has 1 amide bonds. The Labute approximate surface area is 105 Å². The van der Waals surface area contributed by atoms with Crippen molar-refractivity contribution in [3.05, 3.63) is 0 Å². The van der Waals surface area contributed by atoms with Crippen LogP contribution in [0.3, 0.4) is 0 Å². The summed E-state index contributed by atoms with van der Waals surface area (Å²) in [7, 11) is 0. The Morgan fingerprint density at radius 3 is 2.47 bits per heavy atom. The highest BCUT2D eigenvalue weighted by Gasteiger charge is 2.25. The molecule has 3 nitrogen and oxygen atoms in total. The van der Waals surface area contributed by atoms with Crippen LogP contribution in [0.1, 0.15) is 58.3 Å². The van der Waals surface area contributed by atoms with Crippen LogP contribution in [0, 0.1) is 11.8 Å². The monoisotopic (exact) mass is 238 g/mol. The molecule has 2 fully saturated rings. The van der Waals surface area contributed by atoms with Crippen molar-refractivity contribution in [2.24, 2.45) is 17.6 Å². The fourth-order valence-electron chi connectivity index (χ4n) is 3.28. The first-order valence-corrected chi connectivity index (χ1v) is 7.18. The van der Waals surface area contributed by atoms with Crippen molar-refractivity contribution < 1.29 is 4.79 Å². The number of hydrogen-bond acceptors (Lipinski definition) is 2. The van der Waals surface area contributed by atoms with Crippen LogP contribution in [-0.4, -0.2) is 18.0 Å². The maximum absolute atomic E-state index is 11.9. The molecule has 0 heterocycles. The van der Waals surface area contributed by atoms with E-state index in [4.69, 9.17) is 5.73 Å². The maximum atomic E-state index is 11.9. The first-order valence-electron chi connectivity index (χ1n) is 7.18. The summed E-state index contributed by atoms with van der Waals surface area (Å²) in [5, 5.41) is 3.20. The van der Waals surface area contributed by atoms with Gasteiger partial charge >= 0.3 is 0 Å². The van der Waals surface area contributed by atoms with E-state index in [0.717, 1.165) is 38.0 Å². The van der Waals surface area contributed by atoms with Gasteiger partial charge < -0.3 is 11.1 Å². The maximum Gasteiger partial charge on any atom is 0.220 e. The minimum Gasteiger partial charge on any atom is -0.353 e. The zero-order chi connectivity index (χ0) is 12.3. The molecule has 0 aliphatic heterocycles. The third-order valence-electron chi connectivity index (χ3n) is 4.43. The van der Waals surface area contributed by atoms with Gasteiger partial charge in [-0.05, 0) is 56.8 Å². The van der Waals surface area contributed by atoms with Gasteiger partial charge in [0.05, 0.1) is 0 Å². The Balaban J connectivity index is 1.67. The minimum absolute atomic E-state index is 0.268. The zero-order valence-electron chi connectivity index (χ0n) is 11.0. The standard InChI is InChI=1S/C14H26N2O/c1-10-2-7-13(8-10)16-14(17)9-11-3-5-12(15)6-4-11/h10-13H,2-9,15H2,1H3,(H,16,17). The highest BCUT2D eigenvalue weighted by Crippen LogP contribution is 2.27. The van der Waals surface area contributed by atoms with Crippen LogP contribution >= 0.6 is 0 Å². The van der Waals surface area contributed by atoms with E-state index < -0.39 is 0 Å². The topological polar surface area (TPSA) is 55.1 Å². The van der Waals surface area contributed by atoms with Gasteiger partial charge in [-0.15, -0.1) is 0 Å². The van der Waals surface area contributed by atoms with Crippen LogP contribution in [0.15, 0.2) is 0 Å². The van der Waals surface area contributed by atoms with Gasteiger partial charge in [0.25, 0.3) is 0 Å². The number of carbonyl (C=O) groups is 1. The summed E-state index contributed by atoms with van der Waals surface area (Å²) in [6, 6.07) is 0.827. The van der Waals surface area contributed by atoms with Gasteiger partial charge in [-0.3, -0.25) is 4.79 Å². The predicted octanol–water partition coefficient (Wildman–Crippen LogP) is 2.20. The van der Waals surface area contributed by atoms with Crippen molar-refractivity contribution in [2.45, 2.75) is 70.4 Å². The van der Waals surface area contributed by atoms with Crippen molar-refractivity contribution in [3.8, 4) is 0 Å². The molecule has 2 rings (SSSR count). The molecule has 2 saturated carbocycles. The van der Waals surface area contributed by atoms with Crippen LogP contribution < -0.4 is 11.1 Å². The second-order valence-electron chi connectivity index (χ2n) is 6.17. The Bertz CT molecular complexity index is 259. The molecule has 3 N–H and O–H groups in total. The Kier molecular flexibility index (Phi) is 4.43. The number of rotatable bonds is 3. The van der Waals surface area contributed by atoms with E-state index in [1.165, 1.54) is 19.3 Å². The summed E-state index contributed by atoms with van der Waals surface area (Å²) >= 11 is 0. The molecule has 0 aromatic carbocycles. The summed E-state index contributed by atoms with van der Waals surface area (Å²) in [4.78, 5) is 11.9. The largest absolute Gasteiger partial charge is 0.353 e. The number of amides is 1. The van der Waals surface area contributed by atoms with E-state index in [9.17, 15) is 4.79 Å². The SMILES string of the molecule is CC1CCC(NC(=O)CC2CCC(N)CC2)C1. The molecule has 3 heteroatoms. The Morgan fingerprint density at radius 2 is 1.88 bits per heavy atom. The van der Waals surface area contributed by atoms with Crippen LogP contribution in [-0.2, 0) is 4.79 Å². The summed E-state index contributed by atoms with van der Waals surface area (Å²) in [6.45, 7) is 2.27. The molecule has 0 aromatic rings. The van der Waals surface area contributed by atoms with E-state index >= 15 is 0 Å². The molecule has 2 atom stereocenters. The summed E-state index contributed by atoms with van der Waals surface area (Å²) in [6.07, 6.45) is 8.78. The van der Waals surface area contributed by atoms with Crippen LogP contribution in [0.5, 0.6) is 0 Å². The van der Waals surface area contributed by atoms with Crippen molar-refractivity contribution >= 4 is 5.91 Å². The van der Waals surface area contributed by atoms with Crippen molar-refractivity contribution in [3.63, 3.8) is 0 Å². The lowest BCUT2D eigenvalue weighted by molar-refractivity contribution is -0.122. The molecule has 0 radical (unpaired) electrons. The van der Waals surface area contributed by atoms with Crippen molar-refractivity contribution in [2.75, 3.05) is 0 Å². The van der Waals surface area contributed by atoms with E-state index in [-0.39, 0.29) is 5.91 Å². The summed E-state index contributed by atoms with van der Waals surface area (Å²) < 4.78 is 0. The molecule has 0 bridgehead atoms. The Hall–Kier alpha value is -0.570. The van der Waals surface area contributed by atoms with E-state index in [2.05, 4.69) is 12.2 Å². The molecule has 98 valence electrons. The fraction of sp³-hybridized carbons (Fsp3) is 0.929. The van der Waals surface area contributed by atoms with Gasteiger partial charge in [-0.25, -0.2) is 0 Å². The van der Waals surface area contributed by atoms with Gasteiger partial charge in [0.15, 0.2) is 0 Å². The molecular weight excluding hydrogens is 212 g/mol. The summed E-state index contributed by atoms with van der Waals surface area (Å²) in [5.74, 6) is 1.63. The third-order valence-corrected chi connectivity index (χ3v) is 4.43. The molecule has 17 heavy (non-hydrogen) atoms. The first kappa shape index (κ1) is 12.9. The molecule has 0 aromatic heterocycles. The van der Waals surface area contributed by atoms with Crippen molar-refractivity contribution in [1.82, 2.24) is 5.32 Å². The molecule has 0 spiro atoms. The second kappa shape index (κ2) is 5.85. The highest BCUT2D eigenvalue weighted by atomic mass is 16.1. The lowest BCUT2D eigenvalue weighted by Gasteiger charge is -2.26. The van der Waals surface area contributed by atoms with E-state index in [0.29, 0.717) is 18.0 Å². The molecule has 2 unspecified atom stereocenters. The Morgan fingerprint density at radius 1 is 1.18 bits per heavy atom. The minimum atomic E-state index is 0.268. The third kappa shape index (κ3) is 3.98. The molecule has 2 aliphatic carbocycles. The normalized spacial score (nSPS) is 38.0. The van der Waals surface area contributed by atoms with Gasteiger partial charge in [-0.1, -0.05) is 6.92 Å². The number of nitrogens with one attached hydrogen (secondary N) is 1.